The molecule has 2 aromatic rings. The Morgan fingerprint density at radius 1 is 1.21 bits per heavy atom. The lowest BCUT2D eigenvalue weighted by atomic mass is 9.97. The van der Waals surface area contributed by atoms with Crippen LogP contribution in [0.5, 0.6) is 0 Å². The maximum absolute atomic E-state index is 13.5. The number of hydrogen-bond donors (Lipinski definition) is 0. The molecule has 0 bridgehead atoms. The first-order chi connectivity index (χ1) is 9.24. The Hall–Kier alpha value is -1.77. The number of nitrogens with zero attached hydrogens (tertiary/aromatic N) is 1. The molecule has 3 heteroatoms. The highest BCUT2D eigenvalue weighted by atomic mass is 19.1. The van der Waals surface area contributed by atoms with Crippen molar-refractivity contribution < 1.29 is 8.81 Å². The van der Waals surface area contributed by atoms with Gasteiger partial charge in [0.25, 0.3) is 0 Å². The first kappa shape index (κ1) is 12.3. The van der Waals surface area contributed by atoms with E-state index in [1.54, 1.807) is 12.3 Å². The van der Waals surface area contributed by atoms with Gasteiger partial charge in [0.15, 0.2) is 0 Å². The SMILES string of the molecule is CC1CCN(c2ccc(F)cc2-c2ccco2)CC1. The third-order valence-corrected chi connectivity index (χ3v) is 3.87. The highest BCUT2D eigenvalue weighted by Crippen LogP contribution is 2.34. The third kappa shape index (κ3) is 2.50. The highest BCUT2D eigenvalue weighted by Gasteiger charge is 2.20. The zero-order valence-electron chi connectivity index (χ0n) is 11.1. The topological polar surface area (TPSA) is 16.4 Å². The standard InChI is InChI=1S/C16H18FNO/c1-12-6-8-18(9-7-12)15-5-4-13(17)11-14(15)16-3-2-10-19-16/h2-5,10-12H,6-9H2,1H3. The lowest BCUT2D eigenvalue weighted by molar-refractivity contribution is 0.438. The first-order valence-corrected chi connectivity index (χ1v) is 6.82. The summed E-state index contributed by atoms with van der Waals surface area (Å²) in [6, 6.07) is 8.67. The maximum atomic E-state index is 13.5. The van der Waals surface area contributed by atoms with Crippen molar-refractivity contribution in [2.45, 2.75) is 19.8 Å². The predicted octanol–water partition coefficient (Wildman–Crippen LogP) is 4.32. The van der Waals surface area contributed by atoms with Crippen molar-refractivity contribution in [3.8, 4) is 11.3 Å². The van der Waals surface area contributed by atoms with E-state index in [4.69, 9.17) is 4.42 Å². The summed E-state index contributed by atoms with van der Waals surface area (Å²) in [5.74, 6) is 1.29. The van der Waals surface area contributed by atoms with Crippen LogP contribution in [-0.2, 0) is 0 Å². The molecule has 0 radical (unpaired) electrons. The molecule has 0 amide bonds. The summed E-state index contributed by atoms with van der Waals surface area (Å²) in [6.45, 7) is 4.34. The average Bonchev–Trinajstić information content (AvgIpc) is 2.94. The summed E-state index contributed by atoms with van der Waals surface area (Å²) < 4.78 is 18.9. The summed E-state index contributed by atoms with van der Waals surface area (Å²) in [7, 11) is 0. The lowest BCUT2D eigenvalue weighted by Gasteiger charge is -2.33. The van der Waals surface area contributed by atoms with Crippen LogP contribution in [0.2, 0.25) is 0 Å². The van der Waals surface area contributed by atoms with E-state index in [9.17, 15) is 4.39 Å². The van der Waals surface area contributed by atoms with Crippen LogP contribution < -0.4 is 4.90 Å². The lowest BCUT2D eigenvalue weighted by Crippen LogP contribution is -2.33. The number of benzene rings is 1. The summed E-state index contributed by atoms with van der Waals surface area (Å²) in [6.07, 6.45) is 4.01. The van der Waals surface area contributed by atoms with Gasteiger partial charge < -0.3 is 9.32 Å². The molecule has 2 heterocycles. The quantitative estimate of drug-likeness (QED) is 0.798. The largest absolute Gasteiger partial charge is 0.464 e. The fraction of sp³-hybridized carbons (Fsp3) is 0.375. The van der Waals surface area contributed by atoms with Crippen LogP contribution in [0.15, 0.2) is 41.0 Å². The zero-order valence-corrected chi connectivity index (χ0v) is 11.1. The van der Waals surface area contributed by atoms with Crippen molar-refractivity contribution in [2.24, 2.45) is 5.92 Å². The minimum atomic E-state index is -0.222. The Morgan fingerprint density at radius 2 is 2.00 bits per heavy atom. The molecule has 2 nitrogen and oxygen atoms in total. The van der Waals surface area contributed by atoms with E-state index in [-0.39, 0.29) is 5.82 Å². The molecule has 1 aliphatic heterocycles. The molecule has 0 saturated carbocycles. The van der Waals surface area contributed by atoms with Gasteiger partial charge in [-0.05, 0) is 49.1 Å². The molecule has 0 unspecified atom stereocenters. The third-order valence-electron chi connectivity index (χ3n) is 3.87. The second-order valence-electron chi connectivity index (χ2n) is 5.31. The molecular formula is C16H18FNO. The van der Waals surface area contributed by atoms with Gasteiger partial charge in [0, 0.05) is 24.3 Å². The van der Waals surface area contributed by atoms with E-state index in [0.717, 1.165) is 36.0 Å². The average molecular weight is 259 g/mol. The van der Waals surface area contributed by atoms with Crippen LogP contribution >= 0.6 is 0 Å². The number of rotatable bonds is 2. The van der Waals surface area contributed by atoms with E-state index in [1.807, 2.05) is 18.2 Å². The van der Waals surface area contributed by atoms with Crippen molar-refractivity contribution in [3.05, 3.63) is 42.4 Å². The smallest absolute Gasteiger partial charge is 0.136 e. The molecule has 1 aliphatic rings. The van der Waals surface area contributed by atoms with Gasteiger partial charge in [-0.25, -0.2) is 4.39 Å². The summed E-state index contributed by atoms with van der Waals surface area (Å²) in [4.78, 5) is 2.33. The Balaban J connectivity index is 1.97. The van der Waals surface area contributed by atoms with Gasteiger partial charge >= 0.3 is 0 Å². The van der Waals surface area contributed by atoms with Gasteiger partial charge in [-0.2, -0.15) is 0 Å². The van der Waals surface area contributed by atoms with Gasteiger partial charge in [0.2, 0.25) is 0 Å². The molecule has 0 aliphatic carbocycles. The number of anilines is 1. The van der Waals surface area contributed by atoms with Crippen LogP contribution in [-0.4, -0.2) is 13.1 Å². The van der Waals surface area contributed by atoms with E-state index in [2.05, 4.69) is 11.8 Å². The second kappa shape index (κ2) is 5.08. The Morgan fingerprint density at radius 3 is 2.68 bits per heavy atom. The van der Waals surface area contributed by atoms with Crippen LogP contribution in [0.3, 0.4) is 0 Å². The van der Waals surface area contributed by atoms with Crippen LogP contribution in [0, 0.1) is 11.7 Å². The molecular weight excluding hydrogens is 241 g/mol. The summed E-state index contributed by atoms with van der Waals surface area (Å²) in [5, 5.41) is 0. The fourth-order valence-corrected chi connectivity index (χ4v) is 2.66. The minimum Gasteiger partial charge on any atom is -0.464 e. The predicted molar refractivity (Wildman–Crippen MR) is 74.7 cm³/mol. The monoisotopic (exact) mass is 259 g/mol. The molecule has 0 atom stereocenters. The van der Waals surface area contributed by atoms with Crippen LogP contribution in [0.25, 0.3) is 11.3 Å². The Kier molecular flexibility index (Phi) is 3.28. The van der Waals surface area contributed by atoms with Crippen molar-refractivity contribution in [2.75, 3.05) is 18.0 Å². The van der Waals surface area contributed by atoms with Gasteiger partial charge in [-0.1, -0.05) is 6.92 Å². The number of halogens is 1. The van der Waals surface area contributed by atoms with Gasteiger partial charge in [0.1, 0.15) is 11.6 Å². The summed E-state index contributed by atoms with van der Waals surface area (Å²) in [5.41, 5.74) is 1.92. The molecule has 0 spiro atoms. The van der Waals surface area contributed by atoms with Gasteiger partial charge in [-0.15, -0.1) is 0 Å². The Bertz CT molecular complexity index is 542. The van der Waals surface area contributed by atoms with E-state index >= 15 is 0 Å². The molecule has 19 heavy (non-hydrogen) atoms. The molecule has 3 rings (SSSR count). The van der Waals surface area contributed by atoms with Crippen LogP contribution in [0.4, 0.5) is 10.1 Å². The van der Waals surface area contributed by atoms with Crippen molar-refractivity contribution >= 4 is 5.69 Å². The van der Waals surface area contributed by atoms with Crippen molar-refractivity contribution in [1.82, 2.24) is 0 Å². The molecule has 0 N–H and O–H groups in total. The normalized spacial score (nSPS) is 16.8. The molecule has 1 aromatic carbocycles. The summed E-state index contributed by atoms with van der Waals surface area (Å²) >= 11 is 0. The second-order valence-corrected chi connectivity index (χ2v) is 5.31. The number of piperidine rings is 1. The molecule has 1 aromatic heterocycles. The maximum Gasteiger partial charge on any atom is 0.136 e. The van der Waals surface area contributed by atoms with E-state index in [0.29, 0.717) is 0 Å². The van der Waals surface area contributed by atoms with Gasteiger partial charge in [0.05, 0.1) is 6.26 Å². The van der Waals surface area contributed by atoms with Crippen molar-refractivity contribution in [1.29, 1.82) is 0 Å². The highest BCUT2D eigenvalue weighted by molar-refractivity contribution is 5.75. The minimum absolute atomic E-state index is 0.222. The zero-order chi connectivity index (χ0) is 13.2. The Labute approximate surface area is 112 Å². The first-order valence-electron chi connectivity index (χ1n) is 6.82. The van der Waals surface area contributed by atoms with Crippen LogP contribution in [0.1, 0.15) is 19.8 Å². The fourth-order valence-electron chi connectivity index (χ4n) is 2.66. The van der Waals surface area contributed by atoms with E-state index < -0.39 is 0 Å². The van der Waals surface area contributed by atoms with Crippen molar-refractivity contribution in [3.63, 3.8) is 0 Å². The van der Waals surface area contributed by atoms with E-state index in [1.165, 1.54) is 18.9 Å². The molecule has 1 saturated heterocycles. The molecule has 100 valence electrons. The number of hydrogen-bond acceptors (Lipinski definition) is 2. The molecule has 1 fully saturated rings. The van der Waals surface area contributed by atoms with Gasteiger partial charge in [-0.3, -0.25) is 0 Å². The number of furan rings is 1.